The van der Waals surface area contributed by atoms with E-state index in [2.05, 4.69) is 229 Å². The summed E-state index contributed by atoms with van der Waals surface area (Å²) in [7, 11) is 0. The maximum atomic E-state index is 4.61. The van der Waals surface area contributed by atoms with Gasteiger partial charge in [-0.15, -0.1) is 0 Å². The SMILES string of the molecule is C=C/C=C\c1cc2c3c(ccc2n1-c1cccc(-c2ccccc2)c1)-c1ccc2c4c5c(n2-c2ccc(-c6ccccc6)cc2)\C=C/C=C/C=C\C2=C(C=C5)C3(C(C=C)=C2C=C)c14. The maximum Gasteiger partial charge on any atom is 0.0738 e. The first-order valence-corrected chi connectivity index (χ1v) is 21.6. The maximum absolute atomic E-state index is 4.61. The van der Waals surface area contributed by atoms with Crippen LogP contribution >= 0.6 is 0 Å². The fourth-order valence-electron chi connectivity index (χ4n) is 11.0. The van der Waals surface area contributed by atoms with E-state index in [1.807, 2.05) is 18.2 Å². The Hall–Kier alpha value is -8.20. The molecule has 1 atom stereocenters. The fourth-order valence-corrected chi connectivity index (χ4v) is 11.0. The number of fused-ring (bicyclic) bond motifs is 4. The van der Waals surface area contributed by atoms with E-state index in [-0.39, 0.29) is 0 Å². The van der Waals surface area contributed by atoms with Gasteiger partial charge in [0.25, 0.3) is 0 Å². The molecule has 0 saturated carbocycles. The van der Waals surface area contributed by atoms with Gasteiger partial charge >= 0.3 is 0 Å². The highest BCUT2D eigenvalue weighted by Crippen LogP contribution is 2.66. The second-order valence-corrected chi connectivity index (χ2v) is 16.5. The summed E-state index contributed by atoms with van der Waals surface area (Å²) in [6.07, 6.45) is 28.1. The monoisotopic (exact) mass is 802 g/mol. The molecule has 0 fully saturated rings. The van der Waals surface area contributed by atoms with Crippen molar-refractivity contribution in [3.8, 4) is 44.8 Å². The van der Waals surface area contributed by atoms with Crippen LogP contribution in [0.25, 0.3) is 84.8 Å². The first-order chi connectivity index (χ1) is 31.1. The highest BCUT2D eigenvalue weighted by Gasteiger charge is 2.55. The summed E-state index contributed by atoms with van der Waals surface area (Å²) in [5.41, 5.74) is 21.8. The molecule has 1 unspecified atom stereocenters. The molecule has 0 saturated heterocycles. The van der Waals surface area contributed by atoms with Gasteiger partial charge in [0, 0.05) is 33.4 Å². The van der Waals surface area contributed by atoms with Gasteiger partial charge < -0.3 is 9.13 Å². The molecule has 2 nitrogen and oxygen atoms in total. The average molecular weight is 803 g/mol. The van der Waals surface area contributed by atoms with Crippen LogP contribution in [0, 0.1) is 0 Å². The van der Waals surface area contributed by atoms with Crippen molar-refractivity contribution in [2.75, 3.05) is 0 Å². The van der Waals surface area contributed by atoms with Gasteiger partial charge in [-0.25, -0.2) is 0 Å². The van der Waals surface area contributed by atoms with Crippen molar-refractivity contribution in [1.82, 2.24) is 9.13 Å². The molecule has 2 aromatic heterocycles. The van der Waals surface area contributed by atoms with Crippen molar-refractivity contribution >= 4 is 40.0 Å². The molecule has 0 aliphatic heterocycles. The molecule has 63 heavy (non-hydrogen) atoms. The minimum absolute atomic E-state index is 0.685. The van der Waals surface area contributed by atoms with E-state index >= 15 is 0 Å². The molecule has 0 radical (unpaired) electrons. The summed E-state index contributed by atoms with van der Waals surface area (Å²) in [4.78, 5) is 0. The first kappa shape index (κ1) is 36.6. The molecule has 296 valence electrons. The second-order valence-electron chi connectivity index (χ2n) is 16.5. The Labute approximate surface area is 368 Å². The van der Waals surface area contributed by atoms with Gasteiger partial charge in [-0.05, 0) is 121 Å². The standard InChI is InChI=1S/C61H42N2/c1-4-7-24-46-39-52-56(62(46)45-25-18-23-43(38-45)41-21-14-11-15-22-41)36-33-49-50-34-37-57-58-51-32-35-54-48(47(5-2)53(6-3)61(54,59(49)52)60(50)58)26-16-8-9-17-27-55(51)63(57)44-30-28-42(29-31-44)40-19-12-10-13-20-40/h4-39H,1-3H2/b9-8+,16-8?,17-9?,24-7-,26-16-,27-17-,48-26?,55-27?. The molecule has 4 aliphatic carbocycles. The van der Waals surface area contributed by atoms with Crippen LogP contribution in [-0.4, -0.2) is 9.13 Å². The molecular weight excluding hydrogens is 761 g/mol. The Morgan fingerprint density at radius 3 is 1.92 bits per heavy atom. The molecule has 6 aromatic carbocycles. The van der Waals surface area contributed by atoms with Crippen LogP contribution in [0.5, 0.6) is 0 Å². The lowest BCUT2D eigenvalue weighted by Crippen LogP contribution is -2.27. The van der Waals surface area contributed by atoms with Crippen molar-refractivity contribution in [2.24, 2.45) is 0 Å². The number of aromatic nitrogens is 2. The van der Waals surface area contributed by atoms with E-state index < -0.39 is 5.41 Å². The van der Waals surface area contributed by atoms with Gasteiger partial charge in [0.2, 0.25) is 0 Å². The third kappa shape index (κ3) is 5.13. The van der Waals surface area contributed by atoms with Gasteiger partial charge in [-0.1, -0.05) is 184 Å². The lowest BCUT2D eigenvalue weighted by molar-refractivity contribution is 0.797. The fraction of sp³-hybridized carbons (Fsp3) is 0.0164. The molecule has 0 amide bonds. The topological polar surface area (TPSA) is 9.86 Å². The lowest BCUT2D eigenvalue weighted by atomic mass is 9.67. The molecule has 2 heterocycles. The highest BCUT2D eigenvalue weighted by molar-refractivity contribution is 6.12. The summed E-state index contributed by atoms with van der Waals surface area (Å²) in [5, 5.41) is 2.46. The van der Waals surface area contributed by atoms with E-state index in [1.165, 1.54) is 71.9 Å². The lowest BCUT2D eigenvalue weighted by Gasteiger charge is -2.33. The normalized spacial score (nSPS) is 18.2. The number of nitrogens with zero attached hydrogens (tertiary/aromatic N) is 2. The summed E-state index contributed by atoms with van der Waals surface area (Å²) >= 11 is 0. The molecular formula is C61H42N2. The van der Waals surface area contributed by atoms with Crippen LogP contribution < -0.4 is 0 Å². The second kappa shape index (κ2) is 14.2. The van der Waals surface area contributed by atoms with E-state index in [0.29, 0.717) is 0 Å². The third-order valence-electron chi connectivity index (χ3n) is 13.5. The number of hydrogen-bond donors (Lipinski definition) is 0. The van der Waals surface area contributed by atoms with Gasteiger partial charge in [-0.3, -0.25) is 0 Å². The van der Waals surface area contributed by atoms with Crippen molar-refractivity contribution in [2.45, 2.75) is 5.41 Å². The van der Waals surface area contributed by atoms with E-state index in [0.717, 1.165) is 45.0 Å². The Morgan fingerprint density at radius 2 is 1.19 bits per heavy atom. The Morgan fingerprint density at radius 1 is 0.508 bits per heavy atom. The number of rotatable bonds is 8. The van der Waals surface area contributed by atoms with Crippen molar-refractivity contribution in [3.63, 3.8) is 0 Å². The van der Waals surface area contributed by atoms with Crippen LogP contribution in [0.4, 0.5) is 0 Å². The summed E-state index contributed by atoms with van der Waals surface area (Å²) < 4.78 is 4.86. The van der Waals surface area contributed by atoms with E-state index in [1.54, 1.807) is 0 Å². The zero-order valence-electron chi connectivity index (χ0n) is 34.8. The molecule has 12 rings (SSSR count). The molecule has 2 bridgehead atoms. The third-order valence-corrected chi connectivity index (χ3v) is 13.5. The molecule has 8 aromatic rings. The van der Waals surface area contributed by atoms with Gasteiger partial charge in [0.15, 0.2) is 0 Å². The van der Waals surface area contributed by atoms with Crippen LogP contribution in [0.2, 0.25) is 0 Å². The van der Waals surface area contributed by atoms with E-state index in [9.17, 15) is 0 Å². The minimum Gasteiger partial charge on any atom is -0.310 e. The number of allylic oxidation sites excluding steroid dienone is 14. The van der Waals surface area contributed by atoms with Gasteiger partial charge in [-0.2, -0.15) is 0 Å². The highest BCUT2D eigenvalue weighted by atomic mass is 15.0. The summed E-state index contributed by atoms with van der Waals surface area (Å²) in [5.74, 6) is 0. The van der Waals surface area contributed by atoms with Crippen LogP contribution in [-0.2, 0) is 5.41 Å². The van der Waals surface area contributed by atoms with Crippen LogP contribution in [0.15, 0.2) is 242 Å². The van der Waals surface area contributed by atoms with Crippen LogP contribution in [0.1, 0.15) is 28.1 Å². The largest absolute Gasteiger partial charge is 0.310 e. The van der Waals surface area contributed by atoms with Gasteiger partial charge in [0.05, 0.1) is 22.1 Å². The Bertz CT molecular complexity index is 3510. The molecule has 1 spiro atoms. The predicted octanol–water partition coefficient (Wildman–Crippen LogP) is 15.5. The number of benzene rings is 6. The van der Waals surface area contributed by atoms with Crippen molar-refractivity contribution in [1.29, 1.82) is 0 Å². The average Bonchev–Trinajstić information content (AvgIpc) is 4.00. The molecule has 4 aliphatic rings. The first-order valence-electron chi connectivity index (χ1n) is 21.6. The predicted molar refractivity (Wildman–Crippen MR) is 267 cm³/mol. The van der Waals surface area contributed by atoms with E-state index in [4.69, 9.17) is 0 Å². The molecule has 0 N–H and O–H groups in total. The molecule has 2 heteroatoms. The minimum atomic E-state index is -0.685. The van der Waals surface area contributed by atoms with Crippen molar-refractivity contribution in [3.05, 3.63) is 270 Å². The Kier molecular flexibility index (Phi) is 8.25. The Balaban J connectivity index is 1.20. The summed E-state index contributed by atoms with van der Waals surface area (Å²) in [6, 6.07) is 50.9. The van der Waals surface area contributed by atoms with Crippen molar-refractivity contribution < 1.29 is 0 Å². The quantitative estimate of drug-likeness (QED) is 0.135. The smallest absolute Gasteiger partial charge is 0.0738 e. The van der Waals surface area contributed by atoms with Gasteiger partial charge in [0.1, 0.15) is 0 Å². The zero-order valence-corrected chi connectivity index (χ0v) is 34.8. The summed E-state index contributed by atoms with van der Waals surface area (Å²) in [6.45, 7) is 13.1. The zero-order chi connectivity index (χ0) is 42.2. The number of hydrogen-bond acceptors (Lipinski definition) is 0. The van der Waals surface area contributed by atoms with Crippen LogP contribution in [0.3, 0.4) is 0 Å².